The van der Waals surface area contributed by atoms with Gasteiger partial charge in [-0.15, -0.1) is 0 Å². The molecular weight excluding hydrogens is 278 g/mol. The first kappa shape index (κ1) is 18.0. The molecule has 1 aromatic carbocycles. The SMILES string of the molecule is CCCCNC(=O)CNc1cccc(NC(=O)C(C)(C)C)c1. The first-order chi connectivity index (χ1) is 10.3. The summed E-state index contributed by atoms with van der Waals surface area (Å²) in [7, 11) is 0. The summed E-state index contributed by atoms with van der Waals surface area (Å²) in [6.07, 6.45) is 2.04. The van der Waals surface area contributed by atoms with Crippen molar-refractivity contribution in [1.82, 2.24) is 5.32 Å². The molecule has 0 radical (unpaired) electrons. The largest absolute Gasteiger partial charge is 0.376 e. The molecule has 0 saturated carbocycles. The fraction of sp³-hybridized carbons (Fsp3) is 0.529. The molecule has 0 heterocycles. The highest BCUT2D eigenvalue weighted by molar-refractivity contribution is 5.95. The topological polar surface area (TPSA) is 70.2 Å². The fourth-order valence-electron chi connectivity index (χ4n) is 1.67. The zero-order valence-electron chi connectivity index (χ0n) is 14.0. The standard InChI is InChI=1S/C17H27N3O2/c1-5-6-10-18-15(21)12-19-13-8-7-9-14(11-13)20-16(22)17(2,3)4/h7-9,11,19H,5-6,10,12H2,1-4H3,(H,18,21)(H,20,22). The molecular formula is C17H27N3O2. The van der Waals surface area contributed by atoms with Crippen LogP contribution in [-0.4, -0.2) is 24.9 Å². The monoisotopic (exact) mass is 305 g/mol. The van der Waals surface area contributed by atoms with Crippen molar-refractivity contribution >= 4 is 23.2 Å². The van der Waals surface area contributed by atoms with Crippen LogP contribution in [0.1, 0.15) is 40.5 Å². The summed E-state index contributed by atoms with van der Waals surface area (Å²) in [5.41, 5.74) is 1.08. The van der Waals surface area contributed by atoms with Gasteiger partial charge in [0.05, 0.1) is 6.54 Å². The quantitative estimate of drug-likeness (QED) is 0.678. The number of hydrogen-bond acceptors (Lipinski definition) is 3. The van der Waals surface area contributed by atoms with Gasteiger partial charge in [0.1, 0.15) is 0 Å². The number of benzene rings is 1. The maximum absolute atomic E-state index is 12.0. The molecule has 5 heteroatoms. The number of nitrogens with one attached hydrogen (secondary N) is 3. The molecule has 122 valence electrons. The van der Waals surface area contributed by atoms with Gasteiger partial charge in [-0.25, -0.2) is 0 Å². The second kappa shape index (κ2) is 8.41. The third kappa shape index (κ3) is 6.61. The van der Waals surface area contributed by atoms with E-state index in [4.69, 9.17) is 0 Å². The Morgan fingerprint density at radius 2 is 1.82 bits per heavy atom. The molecule has 3 N–H and O–H groups in total. The van der Waals surface area contributed by atoms with Crippen LogP contribution in [0, 0.1) is 5.41 Å². The summed E-state index contributed by atoms with van der Waals surface area (Å²) in [5.74, 6) is -0.0699. The lowest BCUT2D eigenvalue weighted by atomic mass is 9.95. The average Bonchev–Trinajstić information content (AvgIpc) is 2.45. The lowest BCUT2D eigenvalue weighted by Crippen LogP contribution is -2.30. The highest BCUT2D eigenvalue weighted by Gasteiger charge is 2.21. The number of anilines is 2. The maximum Gasteiger partial charge on any atom is 0.239 e. The number of hydrogen-bond donors (Lipinski definition) is 3. The molecule has 0 aliphatic rings. The van der Waals surface area contributed by atoms with Crippen LogP contribution in [0.5, 0.6) is 0 Å². The maximum atomic E-state index is 12.0. The second-order valence-electron chi connectivity index (χ2n) is 6.34. The smallest absolute Gasteiger partial charge is 0.239 e. The lowest BCUT2D eigenvalue weighted by molar-refractivity contribution is -0.123. The molecule has 0 aromatic heterocycles. The van der Waals surface area contributed by atoms with Crippen molar-refractivity contribution in [2.24, 2.45) is 5.41 Å². The highest BCUT2D eigenvalue weighted by atomic mass is 16.2. The van der Waals surface area contributed by atoms with Gasteiger partial charge in [-0.05, 0) is 24.6 Å². The van der Waals surface area contributed by atoms with E-state index in [0.717, 1.165) is 24.2 Å². The van der Waals surface area contributed by atoms with Gasteiger partial charge < -0.3 is 16.0 Å². The van der Waals surface area contributed by atoms with E-state index in [0.29, 0.717) is 6.54 Å². The van der Waals surface area contributed by atoms with Gasteiger partial charge >= 0.3 is 0 Å². The van der Waals surface area contributed by atoms with Crippen LogP contribution in [0.2, 0.25) is 0 Å². The molecule has 2 amide bonds. The van der Waals surface area contributed by atoms with Crippen LogP contribution < -0.4 is 16.0 Å². The Labute approximate surface area is 132 Å². The van der Waals surface area contributed by atoms with Crippen LogP contribution in [0.4, 0.5) is 11.4 Å². The number of unbranched alkanes of at least 4 members (excludes halogenated alkanes) is 1. The molecule has 0 spiro atoms. The van der Waals surface area contributed by atoms with Crippen LogP contribution in [0.3, 0.4) is 0 Å². The summed E-state index contributed by atoms with van der Waals surface area (Å²) in [6.45, 7) is 8.61. The first-order valence-electron chi connectivity index (χ1n) is 7.75. The van der Waals surface area contributed by atoms with Crippen molar-refractivity contribution in [2.45, 2.75) is 40.5 Å². The molecule has 0 unspecified atom stereocenters. The first-order valence-corrected chi connectivity index (χ1v) is 7.75. The third-order valence-corrected chi connectivity index (χ3v) is 3.11. The predicted molar refractivity (Wildman–Crippen MR) is 90.9 cm³/mol. The van der Waals surface area contributed by atoms with Crippen molar-refractivity contribution in [3.8, 4) is 0 Å². The zero-order chi connectivity index (χ0) is 16.6. The summed E-state index contributed by atoms with van der Waals surface area (Å²) in [6, 6.07) is 7.36. The molecule has 1 rings (SSSR count). The van der Waals surface area contributed by atoms with Crippen molar-refractivity contribution in [3.05, 3.63) is 24.3 Å². The lowest BCUT2D eigenvalue weighted by Gasteiger charge is -2.18. The molecule has 0 aliphatic heterocycles. The van der Waals surface area contributed by atoms with Crippen molar-refractivity contribution < 1.29 is 9.59 Å². The summed E-state index contributed by atoms with van der Waals surface area (Å²) in [4.78, 5) is 23.6. The van der Waals surface area contributed by atoms with E-state index < -0.39 is 5.41 Å². The average molecular weight is 305 g/mol. The molecule has 5 nitrogen and oxygen atoms in total. The minimum Gasteiger partial charge on any atom is -0.376 e. The van der Waals surface area contributed by atoms with Crippen LogP contribution in [-0.2, 0) is 9.59 Å². The summed E-state index contributed by atoms with van der Waals surface area (Å²) in [5, 5.41) is 8.78. The summed E-state index contributed by atoms with van der Waals surface area (Å²) < 4.78 is 0. The van der Waals surface area contributed by atoms with Crippen LogP contribution in [0.25, 0.3) is 0 Å². The molecule has 0 atom stereocenters. The van der Waals surface area contributed by atoms with Crippen molar-refractivity contribution in [3.63, 3.8) is 0 Å². The molecule has 0 bridgehead atoms. The number of carbonyl (C=O) groups excluding carboxylic acids is 2. The number of carbonyl (C=O) groups is 2. The van der Waals surface area contributed by atoms with E-state index in [1.807, 2.05) is 45.0 Å². The molecule has 0 saturated heterocycles. The van der Waals surface area contributed by atoms with Gasteiger partial charge in [-0.3, -0.25) is 9.59 Å². The molecule has 1 aromatic rings. The van der Waals surface area contributed by atoms with Gasteiger partial charge in [0.15, 0.2) is 0 Å². The van der Waals surface area contributed by atoms with E-state index in [9.17, 15) is 9.59 Å². The normalized spacial score (nSPS) is 10.9. The summed E-state index contributed by atoms with van der Waals surface area (Å²) >= 11 is 0. The predicted octanol–water partition coefficient (Wildman–Crippen LogP) is 3.00. The van der Waals surface area contributed by atoms with E-state index in [2.05, 4.69) is 22.9 Å². The minimum absolute atomic E-state index is 0.0300. The van der Waals surface area contributed by atoms with Crippen molar-refractivity contribution in [1.29, 1.82) is 0 Å². The number of rotatable bonds is 7. The Bertz CT molecular complexity index is 507. The van der Waals surface area contributed by atoms with E-state index in [1.54, 1.807) is 0 Å². The Morgan fingerprint density at radius 3 is 2.45 bits per heavy atom. The van der Waals surface area contributed by atoms with Gasteiger partial charge in [0.25, 0.3) is 0 Å². The Kier molecular flexibility index (Phi) is 6.89. The molecule has 0 aliphatic carbocycles. The van der Waals surface area contributed by atoms with Gasteiger partial charge in [-0.2, -0.15) is 0 Å². The molecule has 22 heavy (non-hydrogen) atoms. The zero-order valence-corrected chi connectivity index (χ0v) is 14.0. The van der Waals surface area contributed by atoms with Crippen molar-refractivity contribution in [2.75, 3.05) is 23.7 Å². The van der Waals surface area contributed by atoms with Gasteiger partial charge in [0, 0.05) is 23.3 Å². The minimum atomic E-state index is -0.442. The fourth-order valence-corrected chi connectivity index (χ4v) is 1.67. The molecule has 0 fully saturated rings. The van der Waals surface area contributed by atoms with Gasteiger partial charge in [0.2, 0.25) is 11.8 Å². The van der Waals surface area contributed by atoms with E-state index in [-0.39, 0.29) is 18.4 Å². The second-order valence-corrected chi connectivity index (χ2v) is 6.34. The van der Waals surface area contributed by atoms with E-state index >= 15 is 0 Å². The Morgan fingerprint density at radius 1 is 1.14 bits per heavy atom. The van der Waals surface area contributed by atoms with Crippen LogP contribution >= 0.6 is 0 Å². The Balaban J connectivity index is 2.51. The Hall–Kier alpha value is -2.04. The van der Waals surface area contributed by atoms with Gasteiger partial charge in [-0.1, -0.05) is 40.2 Å². The van der Waals surface area contributed by atoms with E-state index in [1.165, 1.54) is 0 Å². The third-order valence-electron chi connectivity index (χ3n) is 3.11. The highest BCUT2D eigenvalue weighted by Crippen LogP contribution is 2.19. The number of amides is 2. The van der Waals surface area contributed by atoms with Crippen LogP contribution in [0.15, 0.2) is 24.3 Å².